The van der Waals surface area contributed by atoms with Crippen LogP contribution in [0.1, 0.15) is 56.3 Å². The largest absolute Gasteiger partial charge is 0.343 e. The summed E-state index contributed by atoms with van der Waals surface area (Å²) in [5.41, 5.74) is 0.260. The second kappa shape index (κ2) is 10.0. The number of carbonyl (C=O) groups is 1. The second-order valence-electron chi connectivity index (χ2n) is 9.97. The average Bonchev–Trinajstić information content (AvgIpc) is 3.10. The van der Waals surface area contributed by atoms with Crippen molar-refractivity contribution in [3.8, 4) is 0 Å². The molecule has 0 radical (unpaired) electrons. The number of benzene rings is 1. The maximum atomic E-state index is 13.5. The maximum Gasteiger partial charge on any atom is 0.259 e. The standard InChI is InChI=1S/C26H35N3O4S/c1-4-11-27-18-23(26(31)28-16-19(2)14-20(3)17-28)25(30)22-15-21(9-10-24(22)27)34(32,33)29-12-7-5-6-8-13-29/h4,9-10,15,18-20H,1,5-8,11-14,16-17H2,2-3H3. The summed E-state index contributed by atoms with van der Waals surface area (Å²) < 4.78 is 30.1. The number of allylic oxidation sites excluding steroid dienone is 1. The van der Waals surface area contributed by atoms with Gasteiger partial charge in [0.15, 0.2) is 0 Å². The van der Waals surface area contributed by atoms with Gasteiger partial charge in [-0.1, -0.05) is 32.8 Å². The van der Waals surface area contributed by atoms with Crippen molar-refractivity contribution in [3.05, 3.63) is 52.8 Å². The summed E-state index contributed by atoms with van der Waals surface area (Å²) in [4.78, 5) is 28.9. The molecule has 1 aromatic carbocycles. The summed E-state index contributed by atoms with van der Waals surface area (Å²) in [6.07, 6.45) is 8.07. The molecular formula is C26H35N3O4S. The number of carbonyl (C=O) groups excluding carboxylic acids is 1. The third-order valence-corrected chi connectivity index (χ3v) is 8.86. The van der Waals surface area contributed by atoms with E-state index in [0.717, 1.165) is 32.1 Å². The molecule has 2 aliphatic rings. The number of likely N-dealkylation sites (tertiary alicyclic amines) is 1. The molecule has 0 saturated carbocycles. The van der Waals surface area contributed by atoms with Crippen molar-refractivity contribution < 1.29 is 13.2 Å². The summed E-state index contributed by atoms with van der Waals surface area (Å²) in [6, 6.07) is 4.69. The SMILES string of the molecule is C=CCn1cc(C(=O)N2CC(C)CC(C)C2)c(=O)c2cc(S(=O)(=O)N3CCCCCC3)ccc21. The summed E-state index contributed by atoms with van der Waals surface area (Å²) in [5, 5.41) is 0.252. The summed E-state index contributed by atoms with van der Waals surface area (Å²) in [7, 11) is -3.72. The Labute approximate surface area is 202 Å². The van der Waals surface area contributed by atoms with E-state index in [1.54, 1.807) is 33.9 Å². The van der Waals surface area contributed by atoms with Crippen LogP contribution in [-0.4, -0.2) is 54.3 Å². The van der Waals surface area contributed by atoms with Gasteiger partial charge in [0.2, 0.25) is 15.5 Å². The topological polar surface area (TPSA) is 79.7 Å². The number of sulfonamides is 1. The van der Waals surface area contributed by atoms with Gasteiger partial charge in [0.1, 0.15) is 5.56 Å². The van der Waals surface area contributed by atoms with Gasteiger partial charge in [0.25, 0.3) is 5.91 Å². The Kier molecular flexibility index (Phi) is 7.28. The molecule has 2 aliphatic heterocycles. The van der Waals surface area contributed by atoms with Gasteiger partial charge in [-0.05, 0) is 49.3 Å². The minimum atomic E-state index is -3.72. The van der Waals surface area contributed by atoms with Crippen molar-refractivity contribution in [1.82, 2.24) is 13.8 Å². The molecule has 2 aromatic rings. The van der Waals surface area contributed by atoms with E-state index in [2.05, 4.69) is 20.4 Å². The molecule has 7 nitrogen and oxygen atoms in total. The van der Waals surface area contributed by atoms with Gasteiger partial charge < -0.3 is 9.47 Å². The fourth-order valence-electron chi connectivity index (χ4n) is 5.41. The predicted octanol–water partition coefficient (Wildman–Crippen LogP) is 3.87. The molecule has 2 unspecified atom stereocenters. The Hall–Kier alpha value is -2.45. The molecule has 184 valence electrons. The van der Waals surface area contributed by atoms with Gasteiger partial charge in [-0.3, -0.25) is 9.59 Å². The number of amides is 1. The van der Waals surface area contributed by atoms with Crippen LogP contribution in [0.5, 0.6) is 0 Å². The van der Waals surface area contributed by atoms with Gasteiger partial charge in [0.05, 0.1) is 10.4 Å². The van der Waals surface area contributed by atoms with Crippen molar-refractivity contribution in [1.29, 1.82) is 0 Å². The molecule has 3 heterocycles. The Morgan fingerprint density at radius 3 is 2.35 bits per heavy atom. The highest BCUT2D eigenvalue weighted by Crippen LogP contribution is 2.25. The van der Waals surface area contributed by atoms with Crippen LogP contribution in [0, 0.1) is 11.8 Å². The van der Waals surface area contributed by atoms with E-state index in [-0.39, 0.29) is 21.8 Å². The fraction of sp³-hybridized carbons (Fsp3) is 0.538. The van der Waals surface area contributed by atoms with E-state index >= 15 is 0 Å². The molecule has 8 heteroatoms. The first-order valence-electron chi connectivity index (χ1n) is 12.3. The van der Waals surface area contributed by atoms with E-state index in [9.17, 15) is 18.0 Å². The molecular weight excluding hydrogens is 450 g/mol. The van der Waals surface area contributed by atoms with Gasteiger partial charge in [-0.2, -0.15) is 4.31 Å². The quantitative estimate of drug-likeness (QED) is 0.602. The Morgan fingerprint density at radius 1 is 1.09 bits per heavy atom. The second-order valence-corrected chi connectivity index (χ2v) is 11.9. The van der Waals surface area contributed by atoms with Crippen molar-refractivity contribution in [2.45, 2.75) is 57.4 Å². The Bertz CT molecular complexity index is 1230. The number of hydrogen-bond donors (Lipinski definition) is 0. The molecule has 2 fully saturated rings. The number of hydrogen-bond acceptors (Lipinski definition) is 4. The molecule has 0 N–H and O–H groups in total. The minimum absolute atomic E-state index is 0.0833. The third kappa shape index (κ3) is 4.84. The normalized spacial score (nSPS) is 22.5. The third-order valence-electron chi connectivity index (χ3n) is 6.97. The van der Waals surface area contributed by atoms with Gasteiger partial charge in [-0.15, -0.1) is 6.58 Å². The molecule has 2 saturated heterocycles. The lowest BCUT2D eigenvalue weighted by Gasteiger charge is -2.35. The molecule has 4 rings (SSSR count). The predicted molar refractivity (Wildman–Crippen MR) is 134 cm³/mol. The lowest BCUT2D eigenvalue weighted by molar-refractivity contribution is 0.0621. The number of nitrogens with zero attached hydrogens (tertiary/aromatic N) is 3. The minimum Gasteiger partial charge on any atom is -0.343 e. The smallest absolute Gasteiger partial charge is 0.259 e. The highest BCUT2D eigenvalue weighted by atomic mass is 32.2. The number of aromatic nitrogens is 1. The highest BCUT2D eigenvalue weighted by molar-refractivity contribution is 7.89. The molecule has 2 atom stereocenters. The van der Waals surface area contributed by atoms with Crippen LogP contribution in [0.15, 0.2) is 46.7 Å². The van der Waals surface area contributed by atoms with E-state index in [1.807, 2.05) is 0 Å². The Morgan fingerprint density at radius 2 is 1.74 bits per heavy atom. The highest BCUT2D eigenvalue weighted by Gasteiger charge is 2.29. The zero-order valence-electron chi connectivity index (χ0n) is 20.2. The first-order chi connectivity index (χ1) is 16.2. The van der Waals surface area contributed by atoms with Crippen molar-refractivity contribution in [3.63, 3.8) is 0 Å². The summed E-state index contributed by atoms with van der Waals surface area (Å²) >= 11 is 0. The van der Waals surface area contributed by atoms with E-state index in [0.29, 0.717) is 50.1 Å². The van der Waals surface area contributed by atoms with Gasteiger partial charge in [0, 0.05) is 44.3 Å². The van der Waals surface area contributed by atoms with Crippen LogP contribution in [0.4, 0.5) is 0 Å². The molecule has 1 amide bonds. The zero-order valence-corrected chi connectivity index (χ0v) is 21.0. The van der Waals surface area contributed by atoms with Crippen LogP contribution in [0.2, 0.25) is 0 Å². The fourth-order valence-corrected chi connectivity index (χ4v) is 6.95. The van der Waals surface area contributed by atoms with E-state index in [1.165, 1.54) is 10.4 Å². The van der Waals surface area contributed by atoms with Crippen LogP contribution >= 0.6 is 0 Å². The van der Waals surface area contributed by atoms with Crippen LogP contribution in [-0.2, 0) is 16.6 Å². The molecule has 0 aliphatic carbocycles. The molecule has 34 heavy (non-hydrogen) atoms. The van der Waals surface area contributed by atoms with Crippen LogP contribution in [0.25, 0.3) is 10.9 Å². The average molecular weight is 486 g/mol. The van der Waals surface area contributed by atoms with E-state index in [4.69, 9.17) is 0 Å². The summed E-state index contributed by atoms with van der Waals surface area (Å²) in [6.45, 7) is 10.7. The number of rotatable bonds is 5. The number of pyridine rings is 1. The first kappa shape index (κ1) is 24.7. The lowest BCUT2D eigenvalue weighted by Crippen LogP contribution is -2.44. The van der Waals surface area contributed by atoms with Crippen molar-refractivity contribution in [2.75, 3.05) is 26.2 Å². The van der Waals surface area contributed by atoms with Crippen LogP contribution in [0.3, 0.4) is 0 Å². The van der Waals surface area contributed by atoms with Crippen LogP contribution < -0.4 is 5.43 Å². The monoisotopic (exact) mass is 485 g/mol. The van der Waals surface area contributed by atoms with Crippen molar-refractivity contribution in [2.24, 2.45) is 11.8 Å². The summed E-state index contributed by atoms with van der Waals surface area (Å²) in [5.74, 6) is 0.451. The van der Waals surface area contributed by atoms with Crippen molar-refractivity contribution >= 4 is 26.8 Å². The first-order valence-corrected chi connectivity index (χ1v) is 13.7. The number of piperidine rings is 1. The Balaban J connectivity index is 1.81. The lowest BCUT2D eigenvalue weighted by atomic mass is 9.91. The molecule has 1 aromatic heterocycles. The zero-order chi connectivity index (χ0) is 24.5. The molecule has 0 bridgehead atoms. The van der Waals surface area contributed by atoms with Gasteiger partial charge in [-0.25, -0.2) is 8.42 Å². The maximum absolute atomic E-state index is 13.5. The van der Waals surface area contributed by atoms with E-state index < -0.39 is 15.5 Å². The van der Waals surface area contributed by atoms with Gasteiger partial charge >= 0.3 is 0 Å². The number of fused-ring (bicyclic) bond motifs is 1. The molecule has 0 spiro atoms.